The van der Waals surface area contributed by atoms with Gasteiger partial charge in [-0.1, -0.05) is 43.5 Å². The average molecular weight is 609 g/mol. The highest BCUT2D eigenvalue weighted by molar-refractivity contribution is 7.10. The number of carbonyl (C=O) groups excluding carboxylic acids is 2. The Hall–Kier alpha value is -3.34. The van der Waals surface area contributed by atoms with Crippen LogP contribution in [0.15, 0.2) is 53.9 Å². The highest BCUT2D eigenvalue weighted by Gasteiger charge is 2.40. The smallest absolute Gasteiger partial charge is 0.330 e. The molecule has 2 heterocycles. The lowest BCUT2D eigenvalue weighted by molar-refractivity contribution is -0.143. The van der Waals surface area contributed by atoms with E-state index in [9.17, 15) is 35.9 Å². The van der Waals surface area contributed by atoms with Gasteiger partial charge >= 0.3 is 12.4 Å². The van der Waals surface area contributed by atoms with Crippen molar-refractivity contribution in [2.24, 2.45) is 0 Å². The molecule has 1 saturated carbocycles. The molecule has 0 N–H and O–H groups in total. The molecule has 1 fully saturated rings. The number of halogens is 6. The molecule has 0 spiro atoms. The lowest BCUT2D eigenvalue weighted by atomic mass is 9.90. The topological polar surface area (TPSA) is 40.6 Å². The van der Waals surface area contributed by atoms with Gasteiger partial charge in [-0.25, -0.2) is 0 Å². The van der Waals surface area contributed by atoms with E-state index < -0.39 is 59.5 Å². The Morgan fingerprint density at radius 1 is 0.905 bits per heavy atom. The van der Waals surface area contributed by atoms with E-state index in [0.717, 1.165) is 40.8 Å². The fourth-order valence-corrected chi connectivity index (χ4v) is 6.96. The fraction of sp³-hybridized carbons (Fsp3) is 0.419. The van der Waals surface area contributed by atoms with E-state index in [-0.39, 0.29) is 6.07 Å². The van der Waals surface area contributed by atoms with Crippen molar-refractivity contribution in [1.82, 2.24) is 9.80 Å². The molecule has 1 atom stereocenters. The largest absolute Gasteiger partial charge is 0.416 e. The Morgan fingerprint density at radius 3 is 2.17 bits per heavy atom. The number of hydrogen-bond donors (Lipinski definition) is 0. The van der Waals surface area contributed by atoms with Crippen molar-refractivity contribution in [1.29, 1.82) is 0 Å². The molecule has 2 aliphatic rings. The number of aryl methyl sites for hydroxylation is 1. The number of thiophene rings is 1. The Kier molecular flexibility index (Phi) is 8.42. The molecule has 11 heteroatoms. The molecule has 3 aromatic rings. The van der Waals surface area contributed by atoms with Crippen LogP contribution in [0.3, 0.4) is 0 Å². The summed E-state index contributed by atoms with van der Waals surface area (Å²) in [6.07, 6.45) is -6.15. The van der Waals surface area contributed by atoms with Crippen LogP contribution in [-0.2, 0) is 23.6 Å². The zero-order valence-corrected chi connectivity index (χ0v) is 23.7. The predicted octanol–water partition coefficient (Wildman–Crippen LogP) is 8.04. The second kappa shape index (κ2) is 11.7. The molecule has 4 nitrogen and oxygen atoms in total. The molecule has 1 aromatic heterocycles. The average Bonchev–Trinajstić information content (AvgIpc) is 3.44. The van der Waals surface area contributed by atoms with E-state index in [1.54, 1.807) is 16.2 Å². The van der Waals surface area contributed by atoms with Gasteiger partial charge in [0.1, 0.15) is 6.54 Å². The Labute approximate surface area is 243 Å². The van der Waals surface area contributed by atoms with Gasteiger partial charge < -0.3 is 9.80 Å². The maximum atomic E-state index is 14.0. The molecule has 0 saturated heterocycles. The molecule has 42 heavy (non-hydrogen) atoms. The van der Waals surface area contributed by atoms with Crippen LogP contribution in [0.1, 0.15) is 81.2 Å². The van der Waals surface area contributed by atoms with Gasteiger partial charge in [0, 0.05) is 23.0 Å². The molecule has 5 rings (SSSR count). The molecule has 2 amide bonds. The summed E-state index contributed by atoms with van der Waals surface area (Å²) >= 11 is 1.60. The summed E-state index contributed by atoms with van der Waals surface area (Å²) in [5, 5.41) is 1.97. The molecule has 1 aliphatic carbocycles. The van der Waals surface area contributed by atoms with Crippen molar-refractivity contribution in [2.45, 2.75) is 69.9 Å². The van der Waals surface area contributed by atoms with Gasteiger partial charge in [0.2, 0.25) is 5.91 Å². The highest BCUT2D eigenvalue weighted by Crippen LogP contribution is 2.40. The molecule has 1 aliphatic heterocycles. The second-order valence-corrected chi connectivity index (χ2v) is 11.9. The van der Waals surface area contributed by atoms with E-state index in [2.05, 4.69) is 0 Å². The second-order valence-electron chi connectivity index (χ2n) is 10.9. The summed E-state index contributed by atoms with van der Waals surface area (Å²) < 4.78 is 81.5. The standard InChI is InChI=1S/C31H30F6N2O2S/c1-19-7-5-6-10-24(19)28-25-12-14-42-26(25)11-13-38(28)27(40)18-39(23-8-3-2-4-9-23)29(41)20-15-21(30(32,33)34)17-22(16-20)31(35,36)37/h5-7,10,12,14-17,23,28H,2-4,8-9,11,13,18H2,1H3. The molecular weight excluding hydrogens is 578 g/mol. The number of amides is 2. The number of fused-ring (bicyclic) bond motifs is 1. The maximum absolute atomic E-state index is 14.0. The van der Waals surface area contributed by atoms with Crippen molar-refractivity contribution in [3.63, 3.8) is 0 Å². The first-order chi connectivity index (χ1) is 19.8. The highest BCUT2D eigenvalue weighted by atomic mass is 32.1. The van der Waals surface area contributed by atoms with Gasteiger partial charge in [0.15, 0.2) is 0 Å². The monoisotopic (exact) mass is 608 g/mol. The van der Waals surface area contributed by atoms with E-state index in [1.807, 2.05) is 42.6 Å². The number of rotatable bonds is 5. The normalized spacial score (nSPS) is 18.1. The van der Waals surface area contributed by atoms with Gasteiger partial charge in [-0.05, 0) is 72.5 Å². The van der Waals surface area contributed by atoms with Crippen molar-refractivity contribution < 1.29 is 35.9 Å². The third kappa shape index (κ3) is 6.21. The summed E-state index contributed by atoms with van der Waals surface area (Å²) in [6, 6.07) is 9.67. The number of carbonyl (C=O) groups is 2. The van der Waals surface area contributed by atoms with Crippen LogP contribution in [0.4, 0.5) is 26.3 Å². The third-order valence-electron chi connectivity index (χ3n) is 8.19. The van der Waals surface area contributed by atoms with Crippen LogP contribution in [0.25, 0.3) is 0 Å². The van der Waals surface area contributed by atoms with Crippen LogP contribution in [0.5, 0.6) is 0 Å². The van der Waals surface area contributed by atoms with E-state index in [4.69, 9.17) is 0 Å². The number of hydrogen-bond acceptors (Lipinski definition) is 3. The van der Waals surface area contributed by atoms with Crippen molar-refractivity contribution in [3.8, 4) is 0 Å². The quantitative estimate of drug-likeness (QED) is 0.275. The summed E-state index contributed by atoms with van der Waals surface area (Å²) in [5.41, 5.74) is -0.967. The Bertz CT molecular complexity index is 1430. The summed E-state index contributed by atoms with van der Waals surface area (Å²) in [6.45, 7) is 1.88. The van der Waals surface area contributed by atoms with E-state index in [0.29, 0.717) is 37.9 Å². The van der Waals surface area contributed by atoms with Gasteiger partial charge in [-0.3, -0.25) is 9.59 Å². The molecular formula is C31H30F6N2O2S. The first-order valence-electron chi connectivity index (χ1n) is 13.9. The molecule has 0 radical (unpaired) electrons. The number of benzene rings is 2. The van der Waals surface area contributed by atoms with Crippen molar-refractivity contribution >= 4 is 23.2 Å². The zero-order chi connectivity index (χ0) is 30.2. The van der Waals surface area contributed by atoms with Crippen molar-refractivity contribution in [3.05, 3.63) is 92.2 Å². The molecule has 0 bridgehead atoms. The summed E-state index contributed by atoms with van der Waals surface area (Å²) in [5.74, 6) is -1.41. The molecule has 2 aromatic carbocycles. The van der Waals surface area contributed by atoms with Gasteiger partial charge in [0.05, 0.1) is 17.2 Å². The Morgan fingerprint density at radius 2 is 1.55 bits per heavy atom. The molecule has 1 unspecified atom stereocenters. The van der Waals surface area contributed by atoms with Crippen LogP contribution in [-0.4, -0.2) is 40.7 Å². The van der Waals surface area contributed by atoms with Gasteiger partial charge in [-0.15, -0.1) is 11.3 Å². The SMILES string of the molecule is Cc1ccccc1C1c2ccsc2CCN1C(=O)CN(C(=O)c1cc(C(F)(F)F)cc(C(F)(F)F)c1)C1CCCCC1. The lowest BCUT2D eigenvalue weighted by Crippen LogP contribution is -2.50. The first-order valence-corrected chi connectivity index (χ1v) is 14.7. The third-order valence-corrected chi connectivity index (χ3v) is 9.18. The van der Waals surface area contributed by atoms with Crippen LogP contribution < -0.4 is 0 Å². The van der Waals surface area contributed by atoms with E-state index in [1.165, 1.54) is 4.90 Å². The fourth-order valence-electron chi connectivity index (χ4n) is 6.05. The summed E-state index contributed by atoms with van der Waals surface area (Å²) in [4.78, 5) is 31.9. The van der Waals surface area contributed by atoms with Crippen LogP contribution >= 0.6 is 11.3 Å². The number of alkyl halides is 6. The minimum atomic E-state index is -5.09. The van der Waals surface area contributed by atoms with Crippen molar-refractivity contribution in [2.75, 3.05) is 13.1 Å². The Balaban J connectivity index is 1.52. The minimum Gasteiger partial charge on any atom is -0.330 e. The number of nitrogens with zero attached hydrogens (tertiary/aromatic N) is 2. The minimum absolute atomic E-state index is 0.00580. The first kappa shape index (κ1) is 30.1. The van der Waals surface area contributed by atoms with Gasteiger partial charge in [-0.2, -0.15) is 26.3 Å². The maximum Gasteiger partial charge on any atom is 0.416 e. The zero-order valence-electron chi connectivity index (χ0n) is 22.9. The van der Waals surface area contributed by atoms with E-state index >= 15 is 0 Å². The van der Waals surface area contributed by atoms with Crippen LogP contribution in [0.2, 0.25) is 0 Å². The molecule has 224 valence electrons. The van der Waals surface area contributed by atoms with Gasteiger partial charge in [0.25, 0.3) is 5.91 Å². The predicted molar refractivity (Wildman–Crippen MR) is 147 cm³/mol. The summed E-state index contributed by atoms with van der Waals surface area (Å²) in [7, 11) is 0. The lowest BCUT2D eigenvalue weighted by Gasteiger charge is -2.40. The van der Waals surface area contributed by atoms with Crippen LogP contribution in [0, 0.1) is 6.92 Å².